The number of hydrogen-bond donors (Lipinski definition) is 1. The molecule has 2 rings (SSSR count). The molecule has 0 aromatic heterocycles. The molecule has 1 aliphatic rings. The van der Waals surface area contributed by atoms with Crippen molar-refractivity contribution in [1.82, 2.24) is 14.7 Å². The number of hydrogen-bond acceptors (Lipinski definition) is 10. The van der Waals surface area contributed by atoms with Gasteiger partial charge in [0.15, 0.2) is 5.78 Å². The number of amides is 2. The van der Waals surface area contributed by atoms with E-state index in [1.165, 1.54) is 7.11 Å². The van der Waals surface area contributed by atoms with Gasteiger partial charge in [0.2, 0.25) is 11.8 Å². The number of methoxy groups -OCH3 is 3. The highest BCUT2D eigenvalue weighted by Crippen LogP contribution is 2.31. The molecule has 0 saturated carbocycles. The SMILES string of the molecule is CC[C@H](C)[C@@H]([C@@H](CC(=O)N1CCC[C@H]1[C@H](OC)[C@@H](C)C(=O)C[C@@H](Cc1ccccc1)C(=O)OC)OC)N(C)C(=O)[C@@H](CC(=O)[C@H](CO)N(C)C)C(C)C. The van der Waals surface area contributed by atoms with Gasteiger partial charge in [-0.15, -0.1) is 0 Å². The quantitative estimate of drug-likeness (QED) is 0.163. The zero-order valence-corrected chi connectivity index (χ0v) is 34.1. The zero-order valence-electron chi connectivity index (χ0n) is 34.1. The van der Waals surface area contributed by atoms with E-state index in [2.05, 4.69) is 0 Å². The summed E-state index contributed by atoms with van der Waals surface area (Å²) < 4.78 is 17.0. The smallest absolute Gasteiger partial charge is 0.309 e. The number of benzene rings is 1. The van der Waals surface area contributed by atoms with E-state index in [4.69, 9.17) is 14.2 Å². The average molecular weight is 746 g/mol. The van der Waals surface area contributed by atoms with Gasteiger partial charge in [-0.2, -0.15) is 0 Å². The summed E-state index contributed by atoms with van der Waals surface area (Å²) >= 11 is 0. The molecular formula is C41H67N3O9. The maximum Gasteiger partial charge on any atom is 0.309 e. The Bertz CT molecular complexity index is 1320. The van der Waals surface area contributed by atoms with Crippen LogP contribution in [0.1, 0.15) is 78.7 Å². The maximum absolute atomic E-state index is 14.2. The van der Waals surface area contributed by atoms with Gasteiger partial charge in [0.05, 0.1) is 56.4 Å². The van der Waals surface area contributed by atoms with Gasteiger partial charge < -0.3 is 29.1 Å². The van der Waals surface area contributed by atoms with Crippen LogP contribution in [0.15, 0.2) is 30.3 Å². The second kappa shape index (κ2) is 22.3. The number of aliphatic hydroxyl groups is 1. The third kappa shape index (κ3) is 12.4. The minimum Gasteiger partial charge on any atom is -0.469 e. The van der Waals surface area contributed by atoms with Crippen molar-refractivity contribution in [2.45, 2.75) is 110 Å². The fraction of sp³-hybridized carbons (Fsp3) is 0.732. The van der Waals surface area contributed by atoms with Gasteiger partial charge in [0.1, 0.15) is 5.78 Å². The molecular weight excluding hydrogens is 678 g/mol. The summed E-state index contributed by atoms with van der Waals surface area (Å²) in [4.78, 5) is 73.1. The Morgan fingerprint density at radius 1 is 0.906 bits per heavy atom. The first-order valence-corrected chi connectivity index (χ1v) is 19.1. The number of carbonyl (C=O) groups excluding carboxylic acids is 5. The Labute approximate surface area is 317 Å². The predicted molar refractivity (Wildman–Crippen MR) is 204 cm³/mol. The van der Waals surface area contributed by atoms with Crippen molar-refractivity contribution in [3.8, 4) is 0 Å². The van der Waals surface area contributed by atoms with Gasteiger partial charge in [-0.3, -0.25) is 28.9 Å². The van der Waals surface area contributed by atoms with Gasteiger partial charge in [-0.05, 0) is 50.8 Å². The normalized spacial score (nSPS) is 19.2. The molecule has 1 heterocycles. The van der Waals surface area contributed by atoms with Crippen molar-refractivity contribution >= 4 is 29.4 Å². The van der Waals surface area contributed by atoms with Gasteiger partial charge in [-0.25, -0.2) is 0 Å². The molecule has 0 unspecified atom stereocenters. The second-order valence-electron chi connectivity index (χ2n) is 15.4. The van der Waals surface area contributed by atoms with Crippen LogP contribution in [0.4, 0.5) is 0 Å². The Kier molecular flexibility index (Phi) is 19.3. The molecule has 9 atom stereocenters. The number of ether oxygens (including phenoxy) is 3. The molecule has 2 amide bonds. The highest BCUT2D eigenvalue weighted by molar-refractivity contribution is 5.90. The topological polar surface area (TPSA) is 143 Å². The van der Waals surface area contributed by atoms with Crippen LogP contribution in [-0.2, 0) is 44.6 Å². The monoisotopic (exact) mass is 745 g/mol. The summed E-state index contributed by atoms with van der Waals surface area (Å²) in [6.45, 7) is 9.84. The molecule has 300 valence electrons. The van der Waals surface area contributed by atoms with Gasteiger partial charge in [0, 0.05) is 52.5 Å². The highest BCUT2D eigenvalue weighted by Gasteiger charge is 2.43. The van der Waals surface area contributed by atoms with Crippen molar-refractivity contribution < 1.29 is 43.3 Å². The minimum atomic E-state index is -0.699. The van der Waals surface area contributed by atoms with Crippen LogP contribution in [0.5, 0.6) is 0 Å². The first-order chi connectivity index (χ1) is 25.1. The molecule has 1 fully saturated rings. The molecule has 1 aromatic carbocycles. The van der Waals surface area contributed by atoms with Crippen LogP contribution in [0.3, 0.4) is 0 Å². The maximum atomic E-state index is 14.2. The van der Waals surface area contributed by atoms with Gasteiger partial charge >= 0.3 is 5.97 Å². The summed E-state index contributed by atoms with van der Waals surface area (Å²) in [5, 5.41) is 9.83. The Morgan fingerprint density at radius 2 is 1.55 bits per heavy atom. The van der Waals surface area contributed by atoms with Crippen LogP contribution in [0.25, 0.3) is 0 Å². The number of aliphatic hydroxyl groups excluding tert-OH is 1. The number of likely N-dealkylation sites (tertiary alicyclic amines) is 1. The lowest BCUT2D eigenvalue weighted by Crippen LogP contribution is -2.54. The lowest BCUT2D eigenvalue weighted by atomic mass is 9.85. The number of likely N-dealkylation sites (N-methyl/N-ethyl adjacent to an activating group) is 2. The first-order valence-electron chi connectivity index (χ1n) is 19.1. The van der Waals surface area contributed by atoms with Crippen molar-refractivity contribution in [3.05, 3.63) is 35.9 Å². The summed E-state index contributed by atoms with van der Waals surface area (Å²) in [6.07, 6.45) is 1.27. The van der Waals surface area contributed by atoms with E-state index in [1.54, 1.807) is 57.0 Å². The molecule has 0 radical (unpaired) electrons. The molecule has 1 aromatic rings. The van der Waals surface area contributed by atoms with Crippen molar-refractivity contribution in [1.29, 1.82) is 0 Å². The predicted octanol–water partition coefficient (Wildman–Crippen LogP) is 4.05. The molecule has 0 bridgehead atoms. The summed E-state index contributed by atoms with van der Waals surface area (Å²) in [6, 6.07) is 8.00. The molecule has 0 spiro atoms. The number of Topliss-reactive ketones (excluding diaryl/α,β-unsaturated/α-hetero) is 2. The van der Waals surface area contributed by atoms with E-state index in [-0.39, 0.29) is 67.1 Å². The van der Waals surface area contributed by atoms with E-state index in [0.717, 1.165) is 18.4 Å². The third-order valence-electron chi connectivity index (χ3n) is 11.4. The summed E-state index contributed by atoms with van der Waals surface area (Å²) in [5.41, 5.74) is 0.933. The van der Waals surface area contributed by atoms with Crippen LogP contribution < -0.4 is 0 Å². The van der Waals surface area contributed by atoms with E-state index < -0.39 is 48.0 Å². The molecule has 1 aliphatic heterocycles. The van der Waals surface area contributed by atoms with Crippen LogP contribution in [0.2, 0.25) is 0 Å². The minimum absolute atomic E-state index is 0.00848. The van der Waals surface area contributed by atoms with E-state index in [1.807, 2.05) is 58.0 Å². The fourth-order valence-corrected chi connectivity index (χ4v) is 7.85. The van der Waals surface area contributed by atoms with Gasteiger partial charge in [0.25, 0.3) is 0 Å². The molecule has 12 nitrogen and oxygen atoms in total. The third-order valence-corrected chi connectivity index (χ3v) is 11.4. The average Bonchev–Trinajstić information content (AvgIpc) is 3.62. The fourth-order valence-electron chi connectivity index (χ4n) is 7.85. The number of ketones is 2. The van der Waals surface area contributed by atoms with Crippen molar-refractivity contribution in [2.75, 3.05) is 55.6 Å². The largest absolute Gasteiger partial charge is 0.469 e. The lowest BCUT2D eigenvalue weighted by molar-refractivity contribution is -0.150. The molecule has 1 saturated heterocycles. The molecule has 12 heteroatoms. The number of nitrogens with zero attached hydrogens (tertiary/aromatic N) is 3. The lowest BCUT2D eigenvalue weighted by Gasteiger charge is -2.41. The van der Waals surface area contributed by atoms with Crippen LogP contribution in [-0.4, -0.2) is 135 Å². The Morgan fingerprint density at radius 3 is 2.06 bits per heavy atom. The van der Waals surface area contributed by atoms with Crippen molar-refractivity contribution in [3.63, 3.8) is 0 Å². The summed E-state index contributed by atoms with van der Waals surface area (Å²) in [7, 11) is 9.59. The number of rotatable bonds is 23. The number of esters is 1. The standard InChI is InChI=1S/C41H67N3O9/c1-12-27(4)38(43(8)40(49)31(26(2)3)23-35(47)33(25-45)42(6)7)36(51-9)24-37(48)44-20-16-19-32(44)39(52-10)28(5)34(46)22-30(41(50)53-11)21-29-17-14-13-15-18-29/h13-15,17-18,26-28,30-33,36,38-39,45H,12,16,19-25H2,1-11H3/t27-,28-,30+,31-,32-,33-,36+,38-,39+/m0/s1. The van der Waals surface area contributed by atoms with Crippen LogP contribution in [0, 0.1) is 29.6 Å². The van der Waals surface area contributed by atoms with E-state index in [0.29, 0.717) is 19.4 Å². The van der Waals surface area contributed by atoms with E-state index >= 15 is 0 Å². The molecule has 1 N–H and O–H groups in total. The van der Waals surface area contributed by atoms with E-state index in [9.17, 15) is 29.1 Å². The second-order valence-corrected chi connectivity index (χ2v) is 15.4. The molecule has 0 aliphatic carbocycles. The molecule has 53 heavy (non-hydrogen) atoms. The Hall–Kier alpha value is -3.19. The zero-order chi connectivity index (χ0) is 40.0. The van der Waals surface area contributed by atoms with Crippen LogP contribution >= 0.6 is 0 Å². The first kappa shape index (κ1) is 46.0. The Balaban J connectivity index is 2.27. The van der Waals surface area contributed by atoms with Crippen molar-refractivity contribution in [2.24, 2.45) is 29.6 Å². The highest BCUT2D eigenvalue weighted by atomic mass is 16.5. The summed E-state index contributed by atoms with van der Waals surface area (Å²) in [5.74, 6) is -3.16. The number of carbonyl (C=O) groups is 5. The van der Waals surface area contributed by atoms with Gasteiger partial charge in [-0.1, -0.05) is 71.4 Å².